The van der Waals surface area contributed by atoms with Gasteiger partial charge in [0.15, 0.2) is 0 Å². The molecule has 0 saturated heterocycles. The Balaban J connectivity index is 2.23. The van der Waals surface area contributed by atoms with Gasteiger partial charge in [0, 0.05) is 11.4 Å². The zero-order valence-electron chi connectivity index (χ0n) is 10.0. The van der Waals surface area contributed by atoms with Crippen molar-refractivity contribution in [2.24, 2.45) is 0 Å². The number of sulfonamides is 1. The van der Waals surface area contributed by atoms with E-state index in [0.717, 1.165) is 17.0 Å². The van der Waals surface area contributed by atoms with E-state index in [1.54, 1.807) is 17.5 Å². The Morgan fingerprint density at radius 1 is 1.35 bits per heavy atom. The van der Waals surface area contributed by atoms with Crippen molar-refractivity contribution in [1.82, 2.24) is 4.72 Å². The molecule has 5 nitrogen and oxygen atoms in total. The van der Waals surface area contributed by atoms with Gasteiger partial charge in [-0.2, -0.15) is 0 Å². The van der Waals surface area contributed by atoms with Crippen LogP contribution in [0.4, 0.5) is 4.39 Å². The number of rotatable bonds is 5. The van der Waals surface area contributed by atoms with Crippen molar-refractivity contribution in [3.8, 4) is 0 Å². The summed E-state index contributed by atoms with van der Waals surface area (Å²) in [4.78, 5) is 10.9. The molecule has 1 heterocycles. The monoisotopic (exact) mass is 315 g/mol. The third kappa shape index (κ3) is 3.21. The van der Waals surface area contributed by atoms with Gasteiger partial charge in [-0.1, -0.05) is 6.07 Å². The zero-order valence-corrected chi connectivity index (χ0v) is 11.7. The molecule has 20 heavy (non-hydrogen) atoms. The van der Waals surface area contributed by atoms with E-state index in [1.165, 1.54) is 11.3 Å². The second-order valence-corrected chi connectivity index (χ2v) is 6.62. The number of hydrogen-bond donors (Lipinski definition) is 2. The van der Waals surface area contributed by atoms with Gasteiger partial charge in [-0.3, -0.25) is 0 Å². The number of hydrogen-bond acceptors (Lipinski definition) is 4. The Hall–Kier alpha value is -1.77. The second kappa shape index (κ2) is 5.70. The van der Waals surface area contributed by atoms with Gasteiger partial charge in [0.25, 0.3) is 0 Å². The normalized spacial score (nSPS) is 11.4. The lowest BCUT2D eigenvalue weighted by molar-refractivity contribution is 0.0696. The predicted octanol–water partition coefficient (Wildman–Crippen LogP) is 2.06. The molecule has 106 valence electrons. The van der Waals surface area contributed by atoms with Crippen LogP contribution in [0.1, 0.15) is 15.2 Å². The van der Waals surface area contributed by atoms with Crippen LogP contribution < -0.4 is 4.72 Å². The molecule has 2 aromatic rings. The van der Waals surface area contributed by atoms with Gasteiger partial charge >= 0.3 is 5.97 Å². The van der Waals surface area contributed by atoms with E-state index >= 15 is 0 Å². The Labute approximate surface area is 118 Å². The maximum Gasteiger partial charge on any atom is 0.335 e. The summed E-state index contributed by atoms with van der Waals surface area (Å²) in [7, 11) is -4.02. The molecule has 1 aromatic carbocycles. The van der Waals surface area contributed by atoms with Crippen molar-refractivity contribution < 1.29 is 22.7 Å². The van der Waals surface area contributed by atoms with Gasteiger partial charge in [0.1, 0.15) is 10.7 Å². The highest BCUT2D eigenvalue weighted by molar-refractivity contribution is 7.89. The topological polar surface area (TPSA) is 83.5 Å². The van der Waals surface area contributed by atoms with Crippen LogP contribution >= 0.6 is 11.3 Å². The quantitative estimate of drug-likeness (QED) is 0.884. The van der Waals surface area contributed by atoms with Gasteiger partial charge in [0.2, 0.25) is 10.0 Å². The second-order valence-electron chi connectivity index (χ2n) is 3.85. The van der Waals surface area contributed by atoms with Crippen molar-refractivity contribution in [2.45, 2.75) is 11.4 Å². The SMILES string of the molecule is O=C(O)c1ccc(S(=O)(=O)NCc2cccs2)c(F)c1. The summed E-state index contributed by atoms with van der Waals surface area (Å²) < 4.78 is 39.8. The molecule has 0 saturated carbocycles. The molecule has 0 aliphatic carbocycles. The number of halogens is 1. The average molecular weight is 315 g/mol. The lowest BCUT2D eigenvalue weighted by Gasteiger charge is -2.07. The fourth-order valence-electron chi connectivity index (χ4n) is 1.51. The first kappa shape index (κ1) is 14.6. The molecular weight excluding hydrogens is 305 g/mol. The van der Waals surface area contributed by atoms with Crippen LogP contribution in [0.2, 0.25) is 0 Å². The van der Waals surface area contributed by atoms with Gasteiger partial charge < -0.3 is 5.11 Å². The minimum Gasteiger partial charge on any atom is -0.478 e. The molecule has 0 aliphatic heterocycles. The first-order valence-corrected chi connectivity index (χ1v) is 7.81. The average Bonchev–Trinajstić information content (AvgIpc) is 2.89. The standard InChI is InChI=1S/C12H10FNO4S2/c13-10-6-8(12(15)16)3-4-11(10)20(17,18)14-7-9-2-1-5-19-9/h1-6,14H,7H2,(H,15,16). The van der Waals surface area contributed by atoms with Crippen molar-refractivity contribution in [3.05, 3.63) is 52.0 Å². The minimum absolute atomic E-state index is 0.0557. The van der Waals surface area contributed by atoms with Gasteiger partial charge in [0.05, 0.1) is 5.56 Å². The molecule has 0 fully saturated rings. The number of benzene rings is 1. The molecule has 0 bridgehead atoms. The molecule has 8 heteroatoms. The fraction of sp³-hybridized carbons (Fsp3) is 0.0833. The van der Waals surface area contributed by atoms with Crippen molar-refractivity contribution in [3.63, 3.8) is 0 Å². The smallest absolute Gasteiger partial charge is 0.335 e. The highest BCUT2D eigenvalue weighted by Crippen LogP contribution is 2.17. The number of carboxylic acids is 1. The fourth-order valence-corrected chi connectivity index (χ4v) is 3.31. The Bertz CT molecular complexity index is 726. The van der Waals surface area contributed by atoms with Crippen molar-refractivity contribution in [1.29, 1.82) is 0 Å². The summed E-state index contributed by atoms with van der Waals surface area (Å²) in [5.74, 6) is -2.41. The Kier molecular flexibility index (Phi) is 4.17. The van der Waals surface area contributed by atoms with Crippen LogP contribution in [-0.2, 0) is 16.6 Å². The lowest BCUT2D eigenvalue weighted by atomic mass is 10.2. The first-order chi connectivity index (χ1) is 9.40. The summed E-state index contributed by atoms with van der Waals surface area (Å²) >= 11 is 1.37. The molecular formula is C12H10FNO4S2. The molecule has 2 N–H and O–H groups in total. The molecule has 0 unspecified atom stereocenters. The van der Waals surface area contributed by atoms with E-state index in [9.17, 15) is 17.6 Å². The van der Waals surface area contributed by atoms with Gasteiger partial charge in [-0.05, 0) is 29.6 Å². The molecule has 0 aliphatic rings. The summed E-state index contributed by atoms with van der Waals surface area (Å²) in [5, 5.41) is 10.5. The number of aromatic carboxylic acids is 1. The third-order valence-corrected chi connectivity index (χ3v) is 4.80. The van der Waals surface area contributed by atoms with E-state index in [-0.39, 0.29) is 12.1 Å². The van der Waals surface area contributed by atoms with Gasteiger partial charge in [-0.15, -0.1) is 11.3 Å². The largest absolute Gasteiger partial charge is 0.478 e. The summed E-state index contributed by atoms with van der Waals surface area (Å²) in [6, 6.07) is 6.19. The maximum absolute atomic E-state index is 13.7. The Morgan fingerprint density at radius 3 is 2.65 bits per heavy atom. The highest BCUT2D eigenvalue weighted by atomic mass is 32.2. The van der Waals surface area contributed by atoms with Crippen LogP contribution in [0, 0.1) is 5.82 Å². The molecule has 0 atom stereocenters. The number of nitrogens with one attached hydrogen (secondary N) is 1. The van der Waals surface area contributed by atoms with Crippen molar-refractivity contribution >= 4 is 27.3 Å². The first-order valence-electron chi connectivity index (χ1n) is 5.45. The van der Waals surface area contributed by atoms with E-state index < -0.39 is 26.7 Å². The minimum atomic E-state index is -4.02. The van der Waals surface area contributed by atoms with Crippen LogP contribution in [0.15, 0.2) is 40.6 Å². The summed E-state index contributed by atoms with van der Waals surface area (Å²) in [6.07, 6.45) is 0. The van der Waals surface area contributed by atoms with E-state index in [4.69, 9.17) is 5.11 Å². The summed E-state index contributed by atoms with van der Waals surface area (Å²) in [6.45, 7) is 0.0557. The number of carboxylic acid groups (broad SMARTS) is 1. The van der Waals surface area contributed by atoms with E-state index in [0.29, 0.717) is 6.07 Å². The van der Waals surface area contributed by atoms with E-state index in [1.807, 2.05) is 0 Å². The molecule has 1 aromatic heterocycles. The van der Waals surface area contributed by atoms with Crippen LogP contribution in [-0.4, -0.2) is 19.5 Å². The highest BCUT2D eigenvalue weighted by Gasteiger charge is 2.20. The Morgan fingerprint density at radius 2 is 2.10 bits per heavy atom. The summed E-state index contributed by atoms with van der Waals surface area (Å²) in [5.41, 5.74) is -0.306. The molecule has 0 spiro atoms. The molecule has 0 radical (unpaired) electrons. The number of thiophene rings is 1. The van der Waals surface area contributed by atoms with Crippen molar-refractivity contribution in [2.75, 3.05) is 0 Å². The van der Waals surface area contributed by atoms with E-state index in [2.05, 4.69) is 4.72 Å². The number of carbonyl (C=O) groups is 1. The van der Waals surface area contributed by atoms with Gasteiger partial charge in [-0.25, -0.2) is 22.3 Å². The maximum atomic E-state index is 13.7. The predicted molar refractivity (Wildman–Crippen MR) is 71.7 cm³/mol. The van der Waals surface area contributed by atoms with Crippen LogP contribution in [0.5, 0.6) is 0 Å². The molecule has 2 rings (SSSR count). The zero-order chi connectivity index (χ0) is 14.8. The van der Waals surface area contributed by atoms with Crippen LogP contribution in [0.3, 0.4) is 0 Å². The molecule has 0 amide bonds. The third-order valence-electron chi connectivity index (χ3n) is 2.48. The van der Waals surface area contributed by atoms with Crippen LogP contribution in [0.25, 0.3) is 0 Å². The lowest BCUT2D eigenvalue weighted by Crippen LogP contribution is -2.24.